The number of nitrogens with one attached hydrogen (secondary N) is 2. The van der Waals surface area contributed by atoms with Gasteiger partial charge in [0.05, 0.1) is 6.54 Å². The summed E-state index contributed by atoms with van der Waals surface area (Å²) in [6, 6.07) is 8.48. The van der Waals surface area contributed by atoms with Crippen molar-refractivity contribution in [2.45, 2.75) is 24.8 Å². The maximum atomic E-state index is 5.17. The molecule has 18 heavy (non-hydrogen) atoms. The van der Waals surface area contributed by atoms with Crippen molar-refractivity contribution in [3.63, 3.8) is 0 Å². The number of nitrogens with zero attached hydrogens (tertiary/aromatic N) is 2. The Bertz CT molecular complexity index is 556. The van der Waals surface area contributed by atoms with E-state index in [1.165, 1.54) is 10.5 Å². The molecule has 6 heteroatoms. The van der Waals surface area contributed by atoms with Gasteiger partial charge in [0.2, 0.25) is 4.77 Å². The highest BCUT2D eigenvalue weighted by atomic mass is 32.2. The van der Waals surface area contributed by atoms with Crippen LogP contribution in [0.4, 0.5) is 0 Å². The van der Waals surface area contributed by atoms with E-state index in [9.17, 15) is 0 Å². The Morgan fingerprint density at radius 3 is 2.72 bits per heavy atom. The summed E-state index contributed by atoms with van der Waals surface area (Å²) in [5, 5.41) is 6.95. The van der Waals surface area contributed by atoms with Gasteiger partial charge in [-0.25, -0.2) is 4.68 Å². The second kappa shape index (κ2) is 6.06. The number of hydrogen-bond donors (Lipinski definition) is 2. The maximum Gasteiger partial charge on any atom is 0.214 e. The molecule has 0 saturated heterocycles. The third-order valence-corrected chi connectivity index (χ3v) is 3.68. The van der Waals surface area contributed by atoms with Gasteiger partial charge in [-0.15, -0.1) is 11.8 Å². The summed E-state index contributed by atoms with van der Waals surface area (Å²) in [5.41, 5.74) is 4.50. The first kappa shape index (κ1) is 13.2. The summed E-state index contributed by atoms with van der Waals surface area (Å²) >= 11 is 6.92. The molecule has 2 rings (SSSR count). The Hall–Kier alpha value is -1.27. The highest BCUT2D eigenvalue weighted by Gasteiger charge is 2.02. The Balaban J connectivity index is 2.06. The van der Waals surface area contributed by atoms with Crippen molar-refractivity contribution in [1.82, 2.24) is 14.9 Å². The van der Waals surface area contributed by atoms with Crippen LogP contribution in [0.25, 0.3) is 0 Å². The summed E-state index contributed by atoms with van der Waals surface area (Å²) < 4.78 is 2.44. The van der Waals surface area contributed by atoms with E-state index in [1.54, 1.807) is 11.8 Å². The number of H-pyrrole nitrogens is 1. The summed E-state index contributed by atoms with van der Waals surface area (Å²) in [7, 11) is 0. The number of rotatable bonds is 5. The maximum absolute atomic E-state index is 5.17. The number of aromatic nitrogens is 3. The van der Waals surface area contributed by atoms with E-state index < -0.39 is 0 Å². The van der Waals surface area contributed by atoms with E-state index in [4.69, 9.17) is 12.2 Å². The molecule has 0 aliphatic carbocycles. The SMILES string of the molecule is CCc1n[nH]c(=S)n1NCc1ccc(SC)cc1. The molecule has 1 heterocycles. The molecule has 1 aromatic carbocycles. The fourth-order valence-corrected chi connectivity index (χ4v) is 2.27. The van der Waals surface area contributed by atoms with Gasteiger partial charge in [0.15, 0.2) is 5.82 Å². The molecule has 4 nitrogen and oxygen atoms in total. The lowest BCUT2D eigenvalue weighted by atomic mass is 10.2. The molecule has 0 atom stereocenters. The molecule has 0 radical (unpaired) electrons. The topological polar surface area (TPSA) is 45.6 Å². The van der Waals surface area contributed by atoms with Gasteiger partial charge >= 0.3 is 0 Å². The van der Waals surface area contributed by atoms with Gasteiger partial charge in [-0.3, -0.25) is 5.10 Å². The molecule has 0 unspecified atom stereocenters. The Labute approximate surface area is 116 Å². The standard InChI is InChI=1S/C12H16N4S2/c1-3-11-14-15-12(17)16(11)13-8-9-4-6-10(18-2)7-5-9/h4-7,13H,3,8H2,1-2H3,(H,15,17). The van der Waals surface area contributed by atoms with E-state index >= 15 is 0 Å². The van der Waals surface area contributed by atoms with Crippen molar-refractivity contribution < 1.29 is 0 Å². The highest BCUT2D eigenvalue weighted by Crippen LogP contribution is 2.14. The van der Waals surface area contributed by atoms with Gasteiger partial charge < -0.3 is 5.43 Å². The first-order valence-corrected chi connectivity index (χ1v) is 7.41. The lowest BCUT2D eigenvalue weighted by molar-refractivity contribution is 0.763. The molecule has 2 N–H and O–H groups in total. The van der Waals surface area contributed by atoms with Crippen LogP contribution < -0.4 is 5.43 Å². The fourth-order valence-electron chi connectivity index (χ4n) is 1.64. The van der Waals surface area contributed by atoms with Crippen molar-refractivity contribution in [3.05, 3.63) is 40.4 Å². The van der Waals surface area contributed by atoms with E-state index in [0.29, 0.717) is 4.77 Å². The van der Waals surface area contributed by atoms with Gasteiger partial charge in [-0.05, 0) is 36.2 Å². The van der Waals surface area contributed by atoms with Gasteiger partial charge in [-0.1, -0.05) is 19.1 Å². The summed E-state index contributed by atoms with van der Waals surface area (Å²) in [5.74, 6) is 0.917. The Morgan fingerprint density at radius 2 is 2.11 bits per heavy atom. The number of aryl methyl sites for hydroxylation is 1. The molecule has 96 valence electrons. The molecule has 0 aliphatic heterocycles. The largest absolute Gasteiger partial charge is 0.318 e. The average molecular weight is 280 g/mol. The zero-order valence-electron chi connectivity index (χ0n) is 10.4. The normalized spacial score (nSPS) is 10.6. The molecular formula is C12H16N4S2. The summed E-state index contributed by atoms with van der Waals surface area (Å²) in [4.78, 5) is 1.27. The van der Waals surface area contributed by atoms with Crippen LogP contribution in [0.1, 0.15) is 18.3 Å². The van der Waals surface area contributed by atoms with Crippen molar-refractivity contribution in [2.75, 3.05) is 11.7 Å². The van der Waals surface area contributed by atoms with E-state index in [0.717, 1.165) is 18.8 Å². The number of aromatic amines is 1. The van der Waals surface area contributed by atoms with E-state index in [2.05, 4.69) is 53.1 Å². The Morgan fingerprint density at radius 1 is 1.39 bits per heavy atom. The number of benzene rings is 1. The molecule has 0 amide bonds. The van der Waals surface area contributed by atoms with Crippen molar-refractivity contribution in [1.29, 1.82) is 0 Å². The third kappa shape index (κ3) is 2.94. The van der Waals surface area contributed by atoms with E-state index in [1.807, 2.05) is 4.68 Å². The van der Waals surface area contributed by atoms with Crippen LogP contribution in [-0.4, -0.2) is 21.1 Å². The van der Waals surface area contributed by atoms with Gasteiger partial charge in [0, 0.05) is 11.3 Å². The summed E-state index contributed by atoms with van der Waals surface area (Å²) in [6.45, 7) is 2.78. The van der Waals surface area contributed by atoms with Gasteiger partial charge in [-0.2, -0.15) is 5.10 Å². The zero-order valence-corrected chi connectivity index (χ0v) is 12.1. The van der Waals surface area contributed by atoms with Crippen molar-refractivity contribution in [2.24, 2.45) is 0 Å². The van der Waals surface area contributed by atoms with Gasteiger partial charge in [0.1, 0.15) is 0 Å². The third-order valence-electron chi connectivity index (χ3n) is 2.66. The van der Waals surface area contributed by atoms with Crippen LogP contribution >= 0.6 is 24.0 Å². The lowest BCUT2D eigenvalue weighted by Gasteiger charge is -2.09. The van der Waals surface area contributed by atoms with Gasteiger partial charge in [0.25, 0.3) is 0 Å². The highest BCUT2D eigenvalue weighted by molar-refractivity contribution is 7.98. The van der Waals surface area contributed by atoms with Crippen LogP contribution in [0.15, 0.2) is 29.2 Å². The number of thioether (sulfide) groups is 1. The van der Waals surface area contributed by atoms with Crippen LogP contribution in [0, 0.1) is 4.77 Å². The monoisotopic (exact) mass is 280 g/mol. The minimum absolute atomic E-state index is 0.604. The quantitative estimate of drug-likeness (QED) is 0.653. The molecule has 1 aromatic heterocycles. The van der Waals surface area contributed by atoms with Crippen LogP contribution in [-0.2, 0) is 13.0 Å². The molecule has 0 bridgehead atoms. The second-order valence-corrected chi connectivity index (χ2v) is 5.08. The number of hydrogen-bond acceptors (Lipinski definition) is 4. The Kier molecular flexibility index (Phi) is 4.43. The fraction of sp³-hybridized carbons (Fsp3) is 0.333. The van der Waals surface area contributed by atoms with E-state index in [-0.39, 0.29) is 0 Å². The van der Waals surface area contributed by atoms with Crippen molar-refractivity contribution in [3.8, 4) is 0 Å². The average Bonchev–Trinajstić information content (AvgIpc) is 2.77. The van der Waals surface area contributed by atoms with Crippen LogP contribution in [0.5, 0.6) is 0 Å². The predicted molar refractivity (Wildman–Crippen MR) is 78.1 cm³/mol. The molecule has 0 aliphatic rings. The minimum atomic E-state index is 0.604. The van der Waals surface area contributed by atoms with Crippen LogP contribution in [0.2, 0.25) is 0 Å². The first-order valence-electron chi connectivity index (χ1n) is 5.77. The lowest BCUT2D eigenvalue weighted by Crippen LogP contribution is -2.17. The zero-order chi connectivity index (χ0) is 13.0. The van der Waals surface area contributed by atoms with Crippen LogP contribution in [0.3, 0.4) is 0 Å². The molecule has 0 fully saturated rings. The molecular weight excluding hydrogens is 264 g/mol. The summed E-state index contributed by atoms with van der Waals surface area (Å²) in [6.07, 6.45) is 2.91. The smallest absolute Gasteiger partial charge is 0.214 e. The second-order valence-electron chi connectivity index (χ2n) is 3.82. The predicted octanol–water partition coefficient (Wildman–Crippen LogP) is 2.97. The molecule has 2 aromatic rings. The minimum Gasteiger partial charge on any atom is -0.318 e. The first-order chi connectivity index (χ1) is 8.74. The van der Waals surface area contributed by atoms with Crippen molar-refractivity contribution >= 4 is 24.0 Å². The molecule has 0 saturated carbocycles. The molecule has 0 spiro atoms.